The third-order valence-corrected chi connectivity index (χ3v) is 5.03. The number of carbonyl (C=O) groups excluding carboxylic acids is 1. The number of rotatable bonds is 4. The van der Waals surface area contributed by atoms with Gasteiger partial charge in [-0.3, -0.25) is 4.79 Å². The Morgan fingerprint density at radius 1 is 1.21 bits per heavy atom. The summed E-state index contributed by atoms with van der Waals surface area (Å²) in [5.41, 5.74) is -0.0839. The number of benzene rings is 1. The summed E-state index contributed by atoms with van der Waals surface area (Å²) in [7, 11) is 0. The van der Waals surface area contributed by atoms with Gasteiger partial charge in [0, 0.05) is 13.1 Å². The molecule has 1 N–H and O–H groups in total. The van der Waals surface area contributed by atoms with Crippen LogP contribution in [0.5, 0.6) is 0 Å². The van der Waals surface area contributed by atoms with Crippen molar-refractivity contribution in [2.45, 2.75) is 32.0 Å². The van der Waals surface area contributed by atoms with Gasteiger partial charge in [0.2, 0.25) is 5.91 Å². The number of aromatic nitrogens is 2. The van der Waals surface area contributed by atoms with Crippen LogP contribution in [0.3, 0.4) is 0 Å². The fourth-order valence-electron chi connectivity index (χ4n) is 3.25. The molecule has 2 heterocycles. The van der Waals surface area contributed by atoms with Crippen LogP contribution in [-0.4, -0.2) is 29.2 Å². The van der Waals surface area contributed by atoms with Crippen molar-refractivity contribution in [2.75, 3.05) is 18.0 Å². The average Bonchev–Trinajstić information content (AvgIpc) is 2.68. The monoisotopic (exact) mass is 412 g/mol. The SMILES string of the molecule is C[C@H](NC(=O)[C@@H]1CCCN(c2ccc(Cl)nn2)C1)c1ccc(C(F)(F)F)cc1. The maximum absolute atomic E-state index is 12.7. The summed E-state index contributed by atoms with van der Waals surface area (Å²) in [6.45, 7) is 3.03. The minimum atomic E-state index is -4.37. The third-order valence-electron chi connectivity index (χ3n) is 4.83. The molecule has 9 heteroatoms. The lowest BCUT2D eigenvalue weighted by Gasteiger charge is -2.33. The van der Waals surface area contributed by atoms with Crippen LogP contribution in [0.4, 0.5) is 19.0 Å². The Morgan fingerprint density at radius 2 is 1.93 bits per heavy atom. The molecule has 28 heavy (non-hydrogen) atoms. The number of carbonyl (C=O) groups is 1. The normalized spacial score (nSPS) is 18.6. The van der Waals surface area contributed by atoms with Crippen LogP contribution >= 0.6 is 11.6 Å². The Morgan fingerprint density at radius 3 is 2.54 bits per heavy atom. The molecule has 0 unspecified atom stereocenters. The summed E-state index contributed by atoms with van der Waals surface area (Å²) >= 11 is 5.76. The van der Waals surface area contributed by atoms with E-state index in [1.807, 2.05) is 4.90 Å². The summed E-state index contributed by atoms with van der Waals surface area (Å²) in [6.07, 6.45) is -2.80. The molecule has 1 fully saturated rings. The van der Waals surface area contributed by atoms with Gasteiger partial charge in [0.1, 0.15) is 0 Å². The molecule has 3 rings (SSSR count). The molecule has 1 amide bonds. The summed E-state index contributed by atoms with van der Waals surface area (Å²) in [5.74, 6) is 0.305. The van der Waals surface area contributed by atoms with Crippen molar-refractivity contribution in [2.24, 2.45) is 5.92 Å². The number of nitrogens with zero attached hydrogens (tertiary/aromatic N) is 3. The Kier molecular flexibility index (Phi) is 6.07. The van der Waals surface area contributed by atoms with E-state index in [0.717, 1.165) is 31.5 Å². The number of piperidine rings is 1. The quantitative estimate of drug-likeness (QED) is 0.816. The largest absolute Gasteiger partial charge is 0.416 e. The molecular weight excluding hydrogens is 393 g/mol. The Balaban J connectivity index is 1.61. The zero-order chi connectivity index (χ0) is 20.3. The molecule has 0 saturated carbocycles. The van der Waals surface area contributed by atoms with E-state index in [4.69, 9.17) is 11.6 Å². The molecule has 1 aliphatic heterocycles. The maximum Gasteiger partial charge on any atom is 0.416 e. The standard InChI is InChI=1S/C19H20ClF3N4O/c1-12(13-4-6-15(7-5-13)19(21,22)23)24-18(28)14-3-2-10-27(11-14)17-9-8-16(20)25-26-17/h4-9,12,14H,2-3,10-11H2,1H3,(H,24,28)/t12-,14+/m0/s1. The number of hydrogen-bond acceptors (Lipinski definition) is 4. The fourth-order valence-corrected chi connectivity index (χ4v) is 3.35. The van der Waals surface area contributed by atoms with E-state index in [1.165, 1.54) is 12.1 Å². The zero-order valence-electron chi connectivity index (χ0n) is 15.2. The number of alkyl halides is 3. The third kappa shape index (κ3) is 4.92. The number of anilines is 1. The number of hydrogen-bond donors (Lipinski definition) is 1. The van der Waals surface area contributed by atoms with Gasteiger partial charge >= 0.3 is 6.18 Å². The van der Waals surface area contributed by atoms with E-state index < -0.39 is 11.7 Å². The minimum Gasteiger partial charge on any atom is -0.354 e. The first kappa shape index (κ1) is 20.4. The van der Waals surface area contributed by atoms with Gasteiger partial charge in [-0.1, -0.05) is 23.7 Å². The van der Waals surface area contributed by atoms with Gasteiger partial charge in [0.05, 0.1) is 17.5 Å². The van der Waals surface area contributed by atoms with Gasteiger partial charge in [-0.2, -0.15) is 13.2 Å². The van der Waals surface area contributed by atoms with Crippen molar-refractivity contribution in [3.63, 3.8) is 0 Å². The summed E-state index contributed by atoms with van der Waals surface area (Å²) < 4.78 is 38.0. The van der Waals surface area contributed by atoms with Gasteiger partial charge in [-0.15, -0.1) is 10.2 Å². The molecule has 150 valence electrons. The first-order chi connectivity index (χ1) is 13.2. The molecule has 5 nitrogen and oxygen atoms in total. The second-order valence-electron chi connectivity index (χ2n) is 6.85. The van der Waals surface area contributed by atoms with E-state index in [1.54, 1.807) is 19.1 Å². The molecule has 0 bridgehead atoms. The highest BCUT2D eigenvalue weighted by Crippen LogP contribution is 2.30. The van der Waals surface area contributed by atoms with E-state index in [0.29, 0.717) is 23.1 Å². The maximum atomic E-state index is 12.7. The Bertz CT molecular complexity index is 811. The van der Waals surface area contributed by atoms with E-state index in [9.17, 15) is 18.0 Å². The Labute approximate surface area is 165 Å². The second kappa shape index (κ2) is 8.34. The highest BCUT2D eigenvalue weighted by atomic mass is 35.5. The van der Waals surface area contributed by atoms with E-state index in [2.05, 4.69) is 15.5 Å². The van der Waals surface area contributed by atoms with Crippen LogP contribution in [0.1, 0.15) is 36.9 Å². The summed E-state index contributed by atoms with van der Waals surface area (Å²) in [4.78, 5) is 14.7. The van der Waals surface area contributed by atoms with E-state index >= 15 is 0 Å². The summed E-state index contributed by atoms with van der Waals surface area (Å²) in [5, 5.41) is 11.1. The van der Waals surface area contributed by atoms with Crippen LogP contribution < -0.4 is 10.2 Å². The van der Waals surface area contributed by atoms with Gasteiger partial charge in [0.25, 0.3) is 0 Å². The van der Waals surface area contributed by atoms with Crippen molar-refractivity contribution in [1.82, 2.24) is 15.5 Å². The number of halogens is 4. The molecule has 1 aliphatic rings. The average molecular weight is 413 g/mol. The molecule has 2 atom stereocenters. The lowest BCUT2D eigenvalue weighted by molar-refractivity contribution is -0.137. The van der Waals surface area contributed by atoms with E-state index in [-0.39, 0.29) is 17.9 Å². The highest BCUT2D eigenvalue weighted by molar-refractivity contribution is 6.29. The molecule has 2 aromatic rings. The van der Waals surface area contributed by atoms with Crippen LogP contribution in [-0.2, 0) is 11.0 Å². The van der Waals surface area contributed by atoms with Crippen molar-refractivity contribution < 1.29 is 18.0 Å². The first-order valence-electron chi connectivity index (χ1n) is 8.96. The molecule has 1 aromatic carbocycles. The fraction of sp³-hybridized carbons (Fsp3) is 0.421. The zero-order valence-corrected chi connectivity index (χ0v) is 16.0. The van der Waals surface area contributed by atoms with Crippen LogP contribution in [0.25, 0.3) is 0 Å². The minimum absolute atomic E-state index is 0.126. The molecular formula is C19H20ClF3N4O. The van der Waals surface area contributed by atoms with Gasteiger partial charge in [0.15, 0.2) is 11.0 Å². The highest BCUT2D eigenvalue weighted by Gasteiger charge is 2.31. The number of amides is 1. The predicted octanol–water partition coefficient (Wildman–Crippen LogP) is 4.24. The smallest absolute Gasteiger partial charge is 0.354 e. The molecule has 0 spiro atoms. The van der Waals surface area contributed by atoms with Gasteiger partial charge in [-0.05, 0) is 49.6 Å². The van der Waals surface area contributed by atoms with Crippen LogP contribution in [0, 0.1) is 5.92 Å². The van der Waals surface area contributed by atoms with Crippen LogP contribution in [0.2, 0.25) is 5.15 Å². The molecule has 0 radical (unpaired) electrons. The van der Waals surface area contributed by atoms with Crippen molar-refractivity contribution >= 4 is 23.3 Å². The van der Waals surface area contributed by atoms with Crippen LogP contribution in [0.15, 0.2) is 36.4 Å². The summed E-state index contributed by atoms with van der Waals surface area (Å²) in [6, 6.07) is 7.87. The second-order valence-corrected chi connectivity index (χ2v) is 7.24. The predicted molar refractivity (Wildman–Crippen MR) is 100.0 cm³/mol. The number of nitrogens with one attached hydrogen (secondary N) is 1. The molecule has 1 aromatic heterocycles. The van der Waals surface area contributed by atoms with Gasteiger partial charge in [-0.25, -0.2) is 0 Å². The lowest BCUT2D eigenvalue weighted by atomic mass is 9.96. The molecule has 1 saturated heterocycles. The van der Waals surface area contributed by atoms with Crippen molar-refractivity contribution in [3.05, 3.63) is 52.7 Å². The topological polar surface area (TPSA) is 58.1 Å². The van der Waals surface area contributed by atoms with Gasteiger partial charge < -0.3 is 10.2 Å². The first-order valence-corrected chi connectivity index (χ1v) is 9.33. The lowest BCUT2D eigenvalue weighted by Crippen LogP contribution is -2.44. The van der Waals surface area contributed by atoms with Crippen molar-refractivity contribution in [3.8, 4) is 0 Å². The molecule has 0 aliphatic carbocycles. The van der Waals surface area contributed by atoms with Crippen molar-refractivity contribution in [1.29, 1.82) is 0 Å². The Hall–Kier alpha value is -2.35.